The van der Waals surface area contributed by atoms with Gasteiger partial charge >= 0.3 is 0 Å². The molecule has 6 heteroatoms. The Balaban J connectivity index is 2.28. The second kappa shape index (κ2) is 8.19. The third-order valence-electron chi connectivity index (χ3n) is 3.83. The Morgan fingerprint density at radius 1 is 1.37 bits per heavy atom. The fourth-order valence-electron chi connectivity index (χ4n) is 2.49. The van der Waals surface area contributed by atoms with Gasteiger partial charge in [0.05, 0.1) is 5.25 Å². The lowest BCUT2D eigenvalue weighted by Gasteiger charge is -2.20. The van der Waals surface area contributed by atoms with Crippen LogP contribution in [0.2, 0.25) is 0 Å². The Hall–Kier alpha value is -0.170. The fourth-order valence-corrected chi connectivity index (χ4v) is 4.13. The van der Waals surface area contributed by atoms with Crippen LogP contribution in [-0.4, -0.2) is 57.3 Å². The van der Waals surface area contributed by atoms with Crippen LogP contribution in [0.15, 0.2) is 0 Å². The van der Waals surface area contributed by atoms with Crippen LogP contribution in [0.4, 0.5) is 0 Å². The molecule has 1 aliphatic rings. The van der Waals surface area contributed by atoms with E-state index >= 15 is 0 Å². The highest BCUT2D eigenvalue weighted by atomic mass is 32.2. The molecule has 0 aromatic heterocycles. The molecule has 1 heterocycles. The summed E-state index contributed by atoms with van der Waals surface area (Å²) in [4.78, 5) is 2.36. The molecular weight excluding hydrogens is 262 g/mol. The van der Waals surface area contributed by atoms with Crippen molar-refractivity contribution < 1.29 is 8.42 Å². The molecule has 1 saturated heterocycles. The number of sulfonamides is 1. The quantitative estimate of drug-likeness (QED) is 0.659. The van der Waals surface area contributed by atoms with Crippen molar-refractivity contribution in [3.8, 4) is 0 Å². The van der Waals surface area contributed by atoms with Gasteiger partial charge in [0.25, 0.3) is 0 Å². The Labute approximate surface area is 118 Å². The number of hydrogen-bond acceptors (Lipinski definition) is 4. The zero-order chi connectivity index (χ0) is 14.3. The minimum Gasteiger partial charge on any atom is -0.315 e. The van der Waals surface area contributed by atoms with E-state index in [1.54, 1.807) is 0 Å². The van der Waals surface area contributed by atoms with Crippen LogP contribution in [0.3, 0.4) is 0 Å². The van der Waals surface area contributed by atoms with Gasteiger partial charge < -0.3 is 10.2 Å². The predicted octanol–water partition coefficient (Wildman–Crippen LogP) is 0.778. The molecule has 1 fully saturated rings. The first kappa shape index (κ1) is 16.9. The second-order valence-corrected chi connectivity index (χ2v) is 7.34. The number of hydrogen-bond donors (Lipinski definition) is 2. The molecule has 2 N–H and O–H groups in total. The van der Waals surface area contributed by atoms with Crippen molar-refractivity contribution in [2.75, 3.05) is 32.7 Å². The van der Waals surface area contributed by atoms with Gasteiger partial charge in [0.15, 0.2) is 0 Å². The van der Waals surface area contributed by atoms with E-state index in [9.17, 15) is 8.42 Å². The molecule has 0 saturated carbocycles. The second-order valence-electron chi connectivity index (χ2n) is 5.35. The van der Waals surface area contributed by atoms with Gasteiger partial charge in [-0.3, -0.25) is 0 Å². The lowest BCUT2D eigenvalue weighted by molar-refractivity contribution is 0.293. The molecule has 2 unspecified atom stereocenters. The van der Waals surface area contributed by atoms with Crippen molar-refractivity contribution in [1.29, 1.82) is 0 Å². The molecule has 5 nitrogen and oxygen atoms in total. The minimum absolute atomic E-state index is 0.0289. The van der Waals surface area contributed by atoms with Crippen LogP contribution in [-0.2, 0) is 10.0 Å². The van der Waals surface area contributed by atoms with E-state index in [0.717, 1.165) is 45.4 Å². The van der Waals surface area contributed by atoms with Crippen LogP contribution in [0.5, 0.6) is 0 Å². The van der Waals surface area contributed by atoms with Crippen LogP contribution < -0.4 is 10.0 Å². The molecule has 1 rings (SSSR count). The van der Waals surface area contributed by atoms with Crippen molar-refractivity contribution >= 4 is 10.0 Å². The number of nitrogens with one attached hydrogen (secondary N) is 2. The number of rotatable bonds is 9. The first-order valence-corrected chi connectivity index (χ1v) is 8.98. The van der Waals surface area contributed by atoms with E-state index in [-0.39, 0.29) is 11.3 Å². The summed E-state index contributed by atoms with van der Waals surface area (Å²) in [5, 5.41) is 2.85. The summed E-state index contributed by atoms with van der Waals surface area (Å²) >= 11 is 0. The highest BCUT2D eigenvalue weighted by Gasteiger charge is 2.29. The van der Waals surface area contributed by atoms with E-state index in [1.165, 1.54) is 0 Å². The standard InChI is InChI=1S/C13H29N3O2S/c1-4-16(5-2)10-6-7-12(3)15-19(17,18)13-8-9-14-11-13/h12-15H,4-11H2,1-3H3. The van der Waals surface area contributed by atoms with E-state index in [1.807, 2.05) is 6.92 Å². The molecule has 0 aromatic rings. The molecule has 19 heavy (non-hydrogen) atoms. The largest absolute Gasteiger partial charge is 0.315 e. The monoisotopic (exact) mass is 291 g/mol. The summed E-state index contributed by atoms with van der Waals surface area (Å²) in [6.07, 6.45) is 2.66. The molecule has 0 aromatic carbocycles. The van der Waals surface area contributed by atoms with Gasteiger partial charge in [-0.05, 0) is 52.4 Å². The summed E-state index contributed by atoms with van der Waals surface area (Å²) in [5.74, 6) is 0. The molecule has 2 atom stereocenters. The molecule has 0 amide bonds. The molecule has 1 aliphatic heterocycles. The highest BCUT2D eigenvalue weighted by Crippen LogP contribution is 2.10. The van der Waals surface area contributed by atoms with Gasteiger partial charge in [-0.15, -0.1) is 0 Å². The Bertz CT molecular complexity index is 336. The van der Waals surface area contributed by atoms with Crippen LogP contribution in [0.25, 0.3) is 0 Å². The van der Waals surface area contributed by atoms with Crippen LogP contribution >= 0.6 is 0 Å². The topological polar surface area (TPSA) is 61.4 Å². The van der Waals surface area contributed by atoms with Crippen LogP contribution in [0.1, 0.15) is 40.0 Å². The van der Waals surface area contributed by atoms with Crippen molar-refractivity contribution in [2.24, 2.45) is 0 Å². The average molecular weight is 291 g/mol. The maximum atomic E-state index is 12.1. The maximum absolute atomic E-state index is 12.1. The molecule has 114 valence electrons. The summed E-state index contributed by atoms with van der Waals surface area (Å²) in [7, 11) is -3.15. The smallest absolute Gasteiger partial charge is 0.216 e. The Morgan fingerprint density at radius 2 is 2.05 bits per heavy atom. The lowest BCUT2D eigenvalue weighted by Crippen LogP contribution is -2.40. The Kier molecular flexibility index (Phi) is 7.28. The summed E-state index contributed by atoms with van der Waals surface area (Å²) < 4.78 is 27.0. The molecule has 0 radical (unpaired) electrons. The molecule has 0 aliphatic carbocycles. The van der Waals surface area contributed by atoms with Crippen molar-refractivity contribution in [2.45, 2.75) is 51.3 Å². The Morgan fingerprint density at radius 3 is 2.58 bits per heavy atom. The first-order chi connectivity index (χ1) is 8.99. The van der Waals surface area contributed by atoms with E-state index < -0.39 is 10.0 Å². The van der Waals surface area contributed by atoms with Gasteiger partial charge in [-0.2, -0.15) is 0 Å². The third-order valence-corrected chi connectivity index (χ3v) is 5.84. The average Bonchev–Trinajstić information content (AvgIpc) is 2.88. The third kappa shape index (κ3) is 5.77. The summed E-state index contributed by atoms with van der Waals surface area (Å²) in [6.45, 7) is 10.8. The van der Waals surface area contributed by atoms with Gasteiger partial charge in [-0.25, -0.2) is 13.1 Å². The zero-order valence-corrected chi connectivity index (χ0v) is 13.3. The van der Waals surface area contributed by atoms with Gasteiger partial charge in [-0.1, -0.05) is 13.8 Å². The van der Waals surface area contributed by atoms with Gasteiger partial charge in [0, 0.05) is 12.6 Å². The van der Waals surface area contributed by atoms with Gasteiger partial charge in [0.1, 0.15) is 0 Å². The van der Waals surface area contributed by atoms with Crippen molar-refractivity contribution in [3.05, 3.63) is 0 Å². The minimum atomic E-state index is -3.15. The van der Waals surface area contributed by atoms with E-state index in [0.29, 0.717) is 6.54 Å². The fraction of sp³-hybridized carbons (Fsp3) is 1.00. The summed E-state index contributed by atoms with van der Waals surface area (Å²) in [6, 6.07) is 0.0289. The SMILES string of the molecule is CCN(CC)CCCC(C)NS(=O)(=O)C1CCNC1. The summed E-state index contributed by atoms with van der Waals surface area (Å²) in [5.41, 5.74) is 0. The van der Waals surface area contributed by atoms with E-state index in [2.05, 4.69) is 28.8 Å². The first-order valence-electron chi connectivity index (χ1n) is 7.43. The number of nitrogens with zero attached hydrogens (tertiary/aromatic N) is 1. The molecular formula is C13H29N3O2S. The zero-order valence-electron chi connectivity index (χ0n) is 12.5. The van der Waals surface area contributed by atoms with E-state index in [4.69, 9.17) is 0 Å². The molecule has 0 bridgehead atoms. The van der Waals surface area contributed by atoms with Crippen molar-refractivity contribution in [3.63, 3.8) is 0 Å². The highest BCUT2D eigenvalue weighted by molar-refractivity contribution is 7.90. The normalized spacial score (nSPS) is 22.0. The van der Waals surface area contributed by atoms with Crippen LogP contribution in [0, 0.1) is 0 Å². The van der Waals surface area contributed by atoms with Crippen molar-refractivity contribution in [1.82, 2.24) is 14.9 Å². The lowest BCUT2D eigenvalue weighted by atomic mass is 10.2. The predicted molar refractivity (Wildman–Crippen MR) is 79.8 cm³/mol. The maximum Gasteiger partial charge on any atom is 0.216 e. The molecule has 0 spiro atoms. The van der Waals surface area contributed by atoms with Gasteiger partial charge in [0.2, 0.25) is 10.0 Å².